The van der Waals surface area contributed by atoms with Gasteiger partial charge >= 0.3 is 0 Å². The van der Waals surface area contributed by atoms with Crippen LogP contribution in [0.4, 0.5) is 0 Å². The van der Waals surface area contributed by atoms with Gasteiger partial charge in [-0.15, -0.1) is 0 Å². The molecule has 51 heavy (non-hydrogen) atoms. The number of benzene rings is 8. The molecule has 11 rings (SSSR count). The molecule has 238 valence electrons. The summed E-state index contributed by atoms with van der Waals surface area (Å²) < 4.78 is 4.99. The molecule has 0 unspecified atom stereocenters. The molecule has 2 aromatic heterocycles. The molecule has 0 bridgehead atoms. The van der Waals surface area contributed by atoms with Crippen LogP contribution in [0.2, 0.25) is 0 Å². The normalized spacial score (nSPS) is 13.3. The van der Waals surface area contributed by atoms with Crippen LogP contribution in [0.1, 0.15) is 22.3 Å². The van der Waals surface area contributed by atoms with Crippen LogP contribution in [-0.2, 0) is 5.41 Å². The summed E-state index contributed by atoms with van der Waals surface area (Å²) in [6.45, 7) is 0. The van der Waals surface area contributed by atoms with Crippen molar-refractivity contribution in [3.8, 4) is 22.5 Å². The number of aromatic nitrogens is 2. The average Bonchev–Trinajstić information content (AvgIpc) is 3.83. The zero-order valence-electron chi connectivity index (χ0n) is 27.9. The van der Waals surface area contributed by atoms with Crippen LogP contribution in [0, 0.1) is 0 Å². The summed E-state index contributed by atoms with van der Waals surface area (Å²) in [5, 5.41) is 5.05. The Morgan fingerprint density at radius 2 is 0.922 bits per heavy atom. The number of fused-ring (bicyclic) bond motifs is 10. The van der Waals surface area contributed by atoms with Crippen LogP contribution < -0.4 is 0 Å². The standard InChI is InChI=1S/C49H32N2/c1-4-17-33(18-5-1)49(34-19-6-2-7-20-34)40-26-13-10-24-38(40)46-41(49)27-16-30-44(46)51-43-29-15-12-25-39(43)47-45(51)32-31-37-36-23-11-14-28-42(36)50(48(37)47)35-21-8-3-9-22-35/h1-32H. The van der Waals surface area contributed by atoms with E-state index in [1.807, 2.05) is 0 Å². The van der Waals surface area contributed by atoms with Crippen LogP contribution in [0.25, 0.3) is 66.1 Å². The number of nitrogens with zero attached hydrogens (tertiary/aromatic N) is 2. The highest BCUT2D eigenvalue weighted by atomic mass is 15.0. The molecule has 1 aliphatic carbocycles. The van der Waals surface area contributed by atoms with Crippen LogP contribution in [0.3, 0.4) is 0 Å². The third kappa shape index (κ3) is 3.71. The van der Waals surface area contributed by atoms with Crippen LogP contribution in [0.15, 0.2) is 194 Å². The molecule has 0 saturated heterocycles. The lowest BCUT2D eigenvalue weighted by Crippen LogP contribution is -2.28. The first kappa shape index (κ1) is 28.2. The van der Waals surface area contributed by atoms with Gasteiger partial charge < -0.3 is 9.13 Å². The Kier molecular flexibility index (Phi) is 5.91. The maximum Gasteiger partial charge on any atom is 0.0714 e. The Labute approximate surface area is 296 Å². The summed E-state index contributed by atoms with van der Waals surface area (Å²) in [7, 11) is 0. The lowest BCUT2D eigenvalue weighted by atomic mass is 9.68. The van der Waals surface area contributed by atoms with E-state index in [2.05, 4.69) is 203 Å². The van der Waals surface area contributed by atoms with Crippen molar-refractivity contribution in [3.05, 3.63) is 216 Å². The molecule has 1 aliphatic rings. The number of rotatable bonds is 4. The molecular formula is C49H32N2. The van der Waals surface area contributed by atoms with Gasteiger partial charge in [0, 0.05) is 32.8 Å². The minimum Gasteiger partial charge on any atom is -0.309 e. The lowest BCUT2D eigenvalue weighted by Gasteiger charge is -2.34. The van der Waals surface area contributed by atoms with Gasteiger partial charge in [-0.1, -0.05) is 158 Å². The fourth-order valence-electron chi connectivity index (χ4n) is 9.27. The Balaban J connectivity index is 1.31. The van der Waals surface area contributed by atoms with E-state index in [-0.39, 0.29) is 0 Å². The summed E-state index contributed by atoms with van der Waals surface area (Å²) in [5.74, 6) is 0. The molecule has 0 fully saturated rings. The lowest BCUT2D eigenvalue weighted by molar-refractivity contribution is 0.768. The summed E-state index contributed by atoms with van der Waals surface area (Å²) in [5.41, 5.74) is 14.5. The first-order valence-corrected chi connectivity index (χ1v) is 17.7. The smallest absolute Gasteiger partial charge is 0.0714 e. The summed E-state index contributed by atoms with van der Waals surface area (Å²) >= 11 is 0. The van der Waals surface area contributed by atoms with Crippen molar-refractivity contribution >= 4 is 43.6 Å². The maximum atomic E-state index is 2.53. The second-order valence-corrected chi connectivity index (χ2v) is 13.6. The van der Waals surface area contributed by atoms with Crippen LogP contribution in [0.5, 0.6) is 0 Å². The van der Waals surface area contributed by atoms with E-state index in [9.17, 15) is 0 Å². The van der Waals surface area contributed by atoms with Crippen molar-refractivity contribution < 1.29 is 0 Å². The fraction of sp³-hybridized carbons (Fsp3) is 0.0204. The molecule has 10 aromatic rings. The quantitative estimate of drug-likeness (QED) is 0.180. The van der Waals surface area contributed by atoms with Gasteiger partial charge in [0.2, 0.25) is 0 Å². The molecule has 2 nitrogen and oxygen atoms in total. The zero-order chi connectivity index (χ0) is 33.5. The Morgan fingerprint density at radius 3 is 1.65 bits per heavy atom. The monoisotopic (exact) mass is 648 g/mol. The fourth-order valence-corrected chi connectivity index (χ4v) is 9.27. The first-order chi connectivity index (χ1) is 25.4. The molecular weight excluding hydrogens is 617 g/mol. The second kappa shape index (κ2) is 10.7. The van der Waals surface area contributed by atoms with Crippen molar-refractivity contribution in [3.63, 3.8) is 0 Å². The Bertz CT molecular complexity index is 2910. The van der Waals surface area contributed by atoms with E-state index >= 15 is 0 Å². The highest BCUT2D eigenvalue weighted by molar-refractivity contribution is 6.26. The number of hydrogen-bond donors (Lipinski definition) is 0. The van der Waals surface area contributed by atoms with Crippen molar-refractivity contribution in [1.29, 1.82) is 0 Å². The summed E-state index contributed by atoms with van der Waals surface area (Å²) in [6, 6.07) is 71.4. The van der Waals surface area contributed by atoms with Gasteiger partial charge in [-0.3, -0.25) is 0 Å². The molecule has 0 N–H and O–H groups in total. The SMILES string of the molecule is c1ccc(-n2c3ccccc3c3ccc4c(c5ccccc5n4-c4cccc5c4-c4ccccc4C5(c4ccccc4)c4ccccc4)c32)cc1. The summed E-state index contributed by atoms with van der Waals surface area (Å²) in [4.78, 5) is 0. The predicted molar refractivity (Wildman–Crippen MR) is 212 cm³/mol. The van der Waals surface area contributed by atoms with E-state index < -0.39 is 5.41 Å². The molecule has 0 radical (unpaired) electrons. The van der Waals surface area contributed by atoms with Crippen LogP contribution >= 0.6 is 0 Å². The van der Waals surface area contributed by atoms with Crippen molar-refractivity contribution in [2.24, 2.45) is 0 Å². The van der Waals surface area contributed by atoms with E-state index in [1.54, 1.807) is 0 Å². The molecule has 0 spiro atoms. The third-order valence-corrected chi connectivity index (χ3v) is 11.2. The Morgan fingerprint density at radius 1 is 0.353 bits per heavy atom. The number of para-hydroxylation sites is 3. The minimum absolute atomic E-state index is 0.462. The second-order valence-electron chi connectivity index (χ2n) is 13.6. The van der Waals surface area contributed by atoms with E-state index in [1.165, 1.54) is 82.7 Å². The molecule has 0 amide bonds. The zero-order valence-corrected chi connectivity index (χ0v) is 27.9. The highest BCUT2D eigenvalue weighted by Crippen LogP contribution is 2.58. The third-order valence-electron chi connectivity index (χ3n) is 11.2. The highest BCUT2D eigenvalue weighted by Gasteiger charge is 2.47. The van der Waals surface area contributed by atoms with Crippen molar-refractivity contribution in [2.75, 3.05) is 0 Å². The van der Waals surface area contributed by atoms with Gasteiger partial charge in [0.1, 0.15) is 0 Å². The topological polar surface area (TPSA) is 9.86 Å². The molecule has 2 heterocycles. The molecule has 0 saturated carbocycles. The van der Waals surface area contributed by atoms with E-state index in [0.717, 1.165) is 5.69 Å². The van der Waals surface area contributed by atoms with Gasteiger partial charge in [-0.2, -0.15) is 0 Å². The van der Waals surface area contributed by atoms with E-state index in [0.29, 0.717) is 0 Å². The Hall–Kier alpha value is -6.64. The van der Waals surface area contributed by atoms with Crippen LogP contribution in [-0.4, -0.2) is 9.13 Å². The van der Waals surface area contributed by atoms with Gasteiger partial charge in [0.05, 0.1) is 33.2 Å². The van der Waals surface area contributed by atoms with Crippen molar-refractivity contribution in [1.82, 2.24) is 9.13 Å². The van der Waals surface area contributed by atoms with Crippen molar-refractivity contribution in [2.45, 2.75) is 5.41 Å². The average molecular weight is 649 g/mol. The van der Waals surface area contributed by atoms with Gasteiger partial charge in [-0.05, 0) is 64.2 Å². The minimum atomic E-state index is -0.462. The van der Waals surface area contributed by atoms with Gasteiger partial charge in [0.15, 0.2) is 0 Å². The molecule has 0 atom stereocenters. The summed E-state index contributed by atoms with van der Waals surface area (Å²) in [6.07, 6.45) is 0. The molecule has 2 heteroatoms. The van der Waals surface area contributed by atoms with E-state index in [4.69, 9.17) is 0 Å². The first-order valence-electron chi connectivity index (χ1n) is 17.7. The van der Waals surface area contributed by atoms with Gasteiger partial charge in [0.25, 0.3) is 0 Å². The number of hydrogen-bond acceptors (Lipinski definition) is 0. The largest absolute Gasteiger partial charge is 0.309 e. The van der Waals surface area contributed by atoms with Gasteiger partial charge in [-0.25, -0.2) is 0 Å². The molecule has 8 aromatic carbocycles. The predicted octanol–water partition coefficient (Wildman–Crippen LogP) is 12.2. The maximum absolute atomic E-state index is 2.53. The molecule has 0 aliphatic heterocycles.